The summed E-state index contributed by atoms with van der Waals surface area (Å²) in [4.78, 5) is 37.2. The summed E-state index contributed by atoms with van der Waals surface area (Å²) in [5.74, 6) is -2.00. The number of ether oxygens (including phenoxy) is 3. The first-order chi connectivity index (χ1) is 9.71. The standard InChI is InChI=1S/C15H20O6/c1-8(19-4)6-10(16)9-7-11-14(2,3)12(17)15(9,21-11)13(18)20-5/h6,9,11H,7H2,1-5H3/b8-6-/t9?,11?,15-/m0/s1. The van der Waals surface area contributed by atoms with Crippen LogP contribution in [0.25, 0.3) is 0 Å². The smallest absolute Gasteiger partial charge is 0.346 e. The zero-order chi connectivity index (χ0) is 16.0. The fraction of sp³-hybridized carbons (Fsp3) is 0.667. The maximum Gasteiger partial charge on any atom is 0.346 e. The topological polar surface area (TPSA) is 78.9 Å². The maximum absolute atomic E-state index is 12.7. The second-order valence-electron chi connectivity index (χ2n) is 6.03. The molecular weight excluding hydrogens is 276 g/mol. The number of methoxy groups -OCH3 is 2. The number of hydrogen-bond acceptors (Lipinski definition) is 6. The van der Waals surface area contributed by atoms with Crippen LogP contribution < -0.4 is 0 Å². The van der Waals surface area contributed by atoms with Gasteiger partial charge < -0.3 is 14.2 Å². The zero-order valence-electron chi connectivity index (χ0n) is 12.9. The summed E-state index contributed by atoms with van der Waals surface area (Å²) in [7, 11) is 2.63. The molecule has 2 aliphatic heterocycles. The highest BCUT2D eigenvalue weighted by Gasteiger charge is 2.73. The summed E-state index contributed by atoms with van der Waals surface area (Å²) in [6.45, 7) is 5.08. The first-order valence-electron chi connectivity index (χ1n) is 6.79. The lowest BCUT2D eigenvalue weighted by atomic mass is 9.65. The summed E-state index contributed by atoms with van der Waals surface area (Å²) >= 11 is 0. The molecule has 2 unspecified atom stereocenters. The van der Waals surface area contributed by atoms with E-state index in [1.54, 1.807) is 20.8 Å². The summed E-state index contributed by atoms with van der Waals surface area (Å²) in [5, 5.41) is 0. The molecule has 6 nitrogen and oxygen atoms in total. The lowest BCUT2D eigenvalue weighted by Gasteiger charge is -2.32. The van der Waals surface area contributed by atoms with E-state index in [2.05, 4.69) is 0 Å². The second kappa shape index (κ2) is 4.94. The molecule has 0 amide bonds. The summed E-state index contributed by atoms with van der Waals surface area (Å²) in [6, 6.07) is 0. The first kappa shape index (κ1) is 15.7. The quantitative estimate of drug-likeness (QED) is 0.334. The number of rotatable bonds is 4. The van der Waals surface area contributed by atoms with Gasteiger partial charge in [-0.25, -0.2) is 4.79 Å². The number of carbonyl (C=O) groups excluding carboxylic acids is 3. The molecule has 0 aliphatic carbocycles. The molecule has 0 spiro atoms. The largest absolute Gasteiger partial charge is 0.501 e. The minimum absolute atomic E-state index is 0.320. The number of allylic oxidation sites excluding steroid dienone is 2. The number of carbonyl (C=O) groups is 3. The number of Topliss-reactive ketones (excluding diaryl/α,β-unsaturated/α-hetero) is 1. The third-order valence-corrected chi connectivity index (χ3v) is 4.50. The molecule has 0 radical (unpaired) electrons. The third-order valence-electron chi connectivity index (χ3n) is 4.50. The van der Waals surface area contributed by atoms with Crippen LogP contribution in [0, 0.1) is 11.3 Å². The van der Waals surface area contributed by atoms with Crippen LogP contribution in [0.3, 0.4) is 0 Å². The van der Waals surface area contributed by atoms with Crippen LogP contribution in [0.15, 0.2) is 11.8 Å². The normalized spacial score (nSPS) is 34.0. The molecule has 3 atom stereocenters. The van der Waals surface area contributed by atoms with Gasteiger partial charge >= 0.3 is 5.97 Å². The van der Waals surface area contributed by atoms with E-state index >= 15 is 0 Å². The van der Waals surface area contributed by atoms with Crippen molar-refractivity contribution in [3.8, 4) is 0 Å². The Morgan fingerprint density at radius 1 is 1.29 bits per heavy atom. The van der Waals surface area contributed by atoms with E-state index in [0.717, 1.165) is 0 Å². The Balaban J connectivity index is 2.44. The highest BCUT2D eigenvalue weighted by Crippen LogP contribution is 2.54. The number of hydrogen-bond donors (Lipinski definition) is 0. The molecule has 0 saturated carbocycles. The van der Waals surface area contributed by atoms with Crippen molar-refractivity contribution in [2.24, 2.45) is 11.3 Å². The molecule has 0 aromatic carbocycles. The van der Waals surface area contributed by atoms with E-state index in [4.69, 9.17) is 14.2 Å². The van der Waals surface area contributed by atoms with E-state index in [1.165, 1.54) is 20.3 Å². The van der Waals surface area contributed by atoms with Crippen LogP contribution in [0.4, 0.5) is 0 Å². The maximum atomic E-state index is 12.7. The fourth-order valence-corrected chi connectivity index (χ4v) is 3.12. The van der Waals surface area contributed by atoms with Crippen LogP contribution in [0.1, 0.15) is 27.2 Å². The van der Waals surface area contributed by atoms with Crippen molar-refractivity contribution < 1.29 is 28.6 Å². The van der Waals surface area contributed by atoms with Crippen molar-refractivity contribution in [3.05, 3.63) is 11.8 Å². The zero-order valence-corrected chi connectivity index (χ0v) is 12.9. The van der Waals surface area contributed by atoms with Gasteiger partial charge in [0.1, 0.15) is 0 Å². The SMILES string of the molecule is COC(=O)[C@]12OC(CC1C(=O)/C=C(/C)OC)C(C)(C)C2=O. The monoisotopic (exact) mass is 296 g/mol. The van der Waals surface area contributed by atoms with E-state index in [9.17, 15) is 14.4 Å². The molecule has 2 bridgehead atoms. The summed E-state index contributed by atoms with van der Waals surface area (Å²) < 4.78 is 15.4. The van der Waals surface area contributed by atoms with Gasteiger partial charge in [-0.05, 0) is 13.3 Å². The average molecular weight is 296 g/mol. The van der Waals surface area contributed by atoms with Crippen molar-refractivity contribution in [2.75, 3.05) is 14.2 Å². The highest BCUT2D eigenvalue weighted by atomic mass is 16.6. The minimum atomic E-state index is -1.81. The van der Waals surface area contributed by atoms with E-state index < -0.39 is 29.0 Å². The van der Waals surface area contributed by atoms with Gasteiger partial charge in [0.05, 0.1) is 37.4 Å². The Labute approximate surface area is 123 Å². The second-order valence-corrected chi connectivity index (χ2v) is 6.03. The van der Waals surface area contributed by atoms with Gasteiger partial charge in [0.25, 0.3) is 0 Å². The molecule has 0 aromatic heterocycles. The fourth-order valence-electron chi connectivity index (χ4n) is 3.12. The van der Waals surface area contributed by atoms with Crippen LogP contribution in [-0.4, -0.2) is 43.5 Å². The van der Waals surface area contributed by atoms with Crippen molar-refractivity contribution in [1.29, 1.82) is 0 Å². The van der Waals surface area contributed by atoms with Gasteiger partial charge in [0.15, 0.2) is 11.6 Å². The molecule has 0 aromatic rings. The highest BCUT2D eigenvalue weighted by molar-refractivity contribution is 6.17. The summed E-state index contributed by atoms with van der Waals surface area (Å²) in [6.07, 6.45) is 1.15. The van der Waals surface area contributed by atoms with Crippen LogP contribution >= 0.6 is 0 Å². The Kier molecular flexibility index (Phi) is 3.70. The van der Waals surface area contributed by atoms with E-state index in [-0.39, 0.29) is 11.6 Å². The average Bonchev–Trinajstić information content (AvgIpc) is 2.94. The molecule has 2 saturated heterocycles. The van der Waals surface area contributed by atoms with E-state index in [1.807, 2.05) is 0 Å². The van der Waals surface area contributed by atoms with Crippen molar-refractivity contribution >= 4 is 17.5 Å². The molecule has 0 N–H and O–H groups in total. The van der Waals surface area contributed by atoms with Crippen LogP contribution in [-0.2, 0) is 28.6 Å². The van der Waals surface area contributed by atoms with Gasteiger partial charge in [-0.2, -0.15) is 0 Å². The van der Waals surface area contributed by atoms with Gasteiger partial charge in [-0.15, -0.1) is 0 Å². The van der Waals surface area contributed by atoms with Crippen LogP contribution in [0.5, 0.6) is 0 Å². The van der Waals surface area contributed by atoms with Gasteiger partial charge in [0.2, 0.25) is 5.60 Å². The van der Waals surface area contributed by atoms with Gasteiger partial charge in [-0.3, -0.25) is 9.59 Å². The Hall–Kier alpha value is -1.69. The van der Waals surface area contributed by atoms with Crippen molar-refractivity contribution in [3.63, 3.8) is 0 Å². The molecule has 116 valence electrons. The minimum Gasteiger partial charge on any atom is -0.501 e. The number of fused-ring (bicyclic) bond motifs is 2. The molecule has 2 fully saturated rings. The molecule has 2 heterocycles. The van der Waals surface area contributed by atoms with Gasteiger partial charge in [-0.1, -0.05) is 13.8 Å². The molecule has 2 rings (SSSR count). The molecular formula is C15H20O6. The number of esters is 1. The predicted octanol–water partition coefficient (Wildman–Crippen LogP) is 1.03. The first-order valence-corrected chi connectivity index (χ1v) is 6.79. The molecule has 21 heavy (non-hydrogen) atoms. The lowest BCUT2D eigenvalue weighted by Crippen LogP contribution is -2.56. The Bertz CT molecular complexity index is 532. The Morgan fingerprint density at radius 3 is 2.38 bits per heavy atom. The van der Waals surface area contributed by atoms with Crippen LogP contribution in [0.2, 0.25) is 0 Å². The molecule has 2 aliphatic rings. The van der Waals surface area contributed by atoms with E-state index in [0.29, 0.717) is 12.2 Å². The number of ketones is 2. The predicted molar refractivity (Wildman–Crippen MR) is 72.3 cm³/mol. The Morgan fingerprint density at radius 2 is 1.90 bits per heavy atom. The molecule has 6 heteroatoms. The summed E-state index contributed by atoms with van der Waals surface area (Å²) in [5.41, 5.74) is -2.62. The lowest BCUT2D eigenvalue weighted by molar-refractivity contribution is -0.170. The van der Waals surface area contributed by atoms with Crippen molar-refractivity contribution in [2.45, 2.75) is 38.9 Å². The van der Waals surface area contributed by atoms with Crippen molar-refractivity contribution in [1.82, 2.24) is 0 Å². The van der Waals surface area contributed by atoms with Gasteiger partial charge in [0, 0.05) is 6.08 Å². The third kappa shape index (κ3) is 2.00.